The van der Waals surface area contributed by atoms with Gasteiger partial charge in [0.05, 0.1) is 13.2 Å². The Bertz CT molecular complexity index is 335. The van der Waals surface area contributed by atoms with Crippen LogP contribution in [0.15, 0.2) is 18.2 Å². The number of aliphatic hydroxyl groups excluding tert-OH is 1. The fourth-order valence-electron chi connectivity index (χ4n) is 1.64. The molecule has 0 spiro atoms. The van der Waals surface area contributed by atoms with Crippen molar-refractivity contribution in [3.63, 3.8) is 0 Å². The molecule has 82 valence electrons. The quantitative estimate of drug-likeness (QED) is 0.859. The zero-order valence-corrected chi connectivity index (χ0v) is 9.04. The highest BCUT2D eigenvalue weighted by molar-refractivity contribution is 6.30. The molecule has 1 N–H and O–H groups in total. The molecule has 0 bridgehead atoms. The molecule has 0 aliphatic carbocycles. The minimum absolute atomic E-state index is 0.117. The molecule has 1 aliphatic rings. The van der Waals surface area contributed by atoms with Gasteiger partial charge in [-0.3, -0.25) is 0 Å². The molecular formula is C11H13ClO3. The molecule has 0 saturated carbocycles. The maximum Gasteiger partial charge on any atom is 0.184 e. The van der Waals surface area contributed by atoms with Gasteiger partial charge in [0.15, 0.2) is 6.29 Å². The lowest BCUT2D eigenvalue weighted by atomic mass is 10.1. The summed E-state index contributed by atoms with van der Waals surface area (Å²) in [6.45, 7) is 1.35. The Labute approximate surface area is 93.6 Å². The number of hydrogen-bond acceptors (Lipinski definition) is 3. The lowest BCUT2D eigenvalue weighted by Crippen LogP contribution is -2.00. The van der Waals surface area contributed by atoms with Crippen LogP contribution in [0.1, 0.15) is 17.4 Å². The van der Waals surface area contributed by atoms with E-state index in [1.54, 1.807) is 0 Å². The van der Waals surface area contributed by atoms with Crippen molar-refractivity contribution >= 4 is 11.6 Å². The van der Waals surface area contributed by atoms with Crippen molar-refractivity contribution in [3.05, 3.63) is 34.3 Å². The summed E-state index contributed by atoms with van der Waals surface area (Å²) in [5, 5.41) is 9.51. The van der Waals surface area contributed by atoms with Gasteiger partial charge in [-0.15, -0.1) is 0 Å². The molecule has 1 aromatic carbocycles. The third kappa shape index (κ3) is 2.69. The van der Waals surface area contributed by atoms with Crippen molar-refractivity contribution < 1.29 is 14.6 Å². The summed E-state index contributed by atoms with van der Waals surface area (Å²) in [7, 11) is 0. The van der Waals surface area contributed by atoms with Crippen molar-refractivity contribution in [2.45, 2.75) is 12.7 Å². The Morgan fingerprint density at radius 1 is 1.27 bits per heavy atom. The van der Waals surface area contributed by atoms with Crippen molar-refractivity contribution in [3.8, 4) is 0 Å². The molecule has 0 radical (unpaired) electrons. The van der Waals surface area contributed by atoms with Crippen LogP contribution in [0.2, 0.25) is 5.02 Å². The fourth-order valence-corrected chi connectivity index (χ4v) is 1.90. The summed E-state index contributed by atoms with van der Waals surface area (Å²) in [4.78, 5) is 0. The van der Waals surface area contributed by atoms with E-state index in [0.717, 1.165) is 11.1 Å². The third-order valence-corrected chi connectivity index (χ3v) is 2.49. The van der Waals surface area contributed by atoms with Crippen LogP contribution in [-0.4, -0.2) is 24.9 Å². The molecule has 1 aromatic rings. The summed E-state index contributed by atoms with van der Waals surface area (Å²) in [6, 6.07) is 5.63. The Hall–Kier alpha value is -0.610. The van der Waals surface area contributed by atoms with Gasteiger partial charge in [0.25, 0.3) is 0 Å². The Morgan fingerprint density at radius 3 is 2.67 bits per heavy atom. The van der Waals surface area contributed by atoms with Gasteiger partial charge in [0.2, 0.25) is 0 Å². The van der Waals surface area contributed by atoms with Crippen molar-refractivity contribution in [2.75, 3.05) is 19.8 Å². The number of rotatable bonds is 3. The second-order valence-corrected chi connectivity index (χ2v) is 3.88. The molecule has 1 fully saturated rings. The second-order valence-electron chi connectivity index (χ2n) is 3.44. The van der Waals surface area contributed by atoms with E-state index in [-0.39, 0.29) is 12.9 Å². The predicted octanol–water partition coefficient (Wildman–Crippen LogP) is 1.92. The molecule has 15 heavy (non-hydrogen) atoms. The standard InChI is InChI=1S/C11H13ClO3/c12-10-6-8(1-2-13)5-9(7-10)11-14-3-4-15-11/h5-7,11,13H,1-4H2. The highest BCUT2D eigenvalue weighted by Gasteiger charge is 2.18. The molecule has 1 aliphatic heterocycles. The van der Waals surface area contributed by atoms with E-state index in [9.17, 15) is 0 Å². The first-order chi connectivity index (χ1) is 7.29. The van der Waals surface area contributed by atoms with E-state index in [4.69, 9.17) is 26.2 Å². The van der Waals surface area contributed by atoms with Crippen LogP contribution in [-0.2, 0) is 15.9 Å². The summed E-state index contributed by atoms with van der Waals surface area (Å²) in [5.41, 5.74) is 1.92. The van der Waals surface area contributed by atoms with Crippen LogP contribution in [0.4, 0.5) is 0 Å². The number of hydrogen-bond donors (Lipinski definition) is 1. The normalized spacial score (nSPS) is 17.2. The van der Waals surface area contributed by atoms with Crippen molar-refractivity contribution in [2.24, 2.45) is 0 Å². The van der Waals surface area contributed by atoms with Gasteiger partial charge >= 0.3 is 0 Å². The van der Waals surface area contributed by atoms with Crippen LogP contribution in [0.5, 0.6) is 0 Å². The van der Waals surface area contributed by atoms with Gasteiger partial charge in [-0.1, -0.05) is 17.7 Å². The van der Waals surface area contributed by atoms with Gasteiger partial charge in [-0.2, -0.15) is 0 Å². The van der Waals surface area contributed by atoms with Crippen LogP contribution >= 0.6 is 11.6 Å². The Balaban J connectivity index is 2.22. The predicted molar refractivity (Wildman–Crippen MR) is 56.9 cm³/mol. The Morgan fingerprint density at radius 2 is 2.00 bits per heavy atom. The fraction of sp³-hybridized carbons (Fsp3) is 0.455. The topological polar surface area (TPSA) is 38.7 Å². The lowest BCUT2D eigenvalue weighted by Gasteiger charge is -2.11. The Kier molecular flexibility index (Phi) is 3.59. The van der Waals surface area contributed by atoms with Crippen LogP contribution in [0, 0.1) is 0 Å². The summed E-state index contributed by atoms with van der Waals surface area (Å²) >= 11 is 5.97. The maximum atomic E-state index is 8.86. The molecule has 3 nitrogen and oxygen atoms in total. The van der Waals surface area contributed by atoms with E-state index in [0.29, 0.717) is 24.7 Å². The minimum Gasteiger partial charge on any atom is -0.396 e. The van der Waals surface area contributed by atoms with Gasteiger partial charge in [0.1, 0.15) is 0 Å². The van der Waals surface area contributed by atoms with E-state index < -0.39 is 0 Å². The van der Waals surface area contributed by atoms with Crippen LogP contribution in [0.25, 0.3) is 0 Å². The summed E-state index contributed by atoms with van der Waals surface area (Å²) in [5.74, 6) is 0. The largest absolute Gasteiger partial charge is 0.396 e. The molecule has 0 unspecified atom stereocenters. The second kappa shape index (κ2) is 4.94. The van der Waals surface area contributed by atoms with Gasteiger partial charge < -0.3 is 14.6 Å². The summed E-state index contributed by atoms with van der Waals surface area (Å²) in [6.07, 6.45) is 0.293. The molecule has 0 amide bonds. The summed E-state index contributed by atoms with van der Waals surface area (Å²) < 4.78 is 10.8. The molecular weight excluding hydrogens is 216 g/mol. The van der Waals surface area contributed by atoms with Gasteiger partial charge in [0, 0.05) is 17.2 Å². The first-order valence-electron chi connectivity index (χ1n) is 4.93. The van der Waals surface area contributed by atoms with Gasteiger partial charge in [-0.25, -0.2) is 0 Å². The zero-order chi connectivity index (χ0) is 10.7. The highest BCUT2D eigenvalue weighted by Crippen LogP contribution is 2.27. The van der Waals surface area contributed by atoms with E-state index in [1.807, 2.05) is 18.2 Å². The molecule has 1 heterocycles. The third-order valence-electron chi connectivity index (χ3n) is 2.27. The monoisotopic (exact) mass is 228 g/mol. The first-order valence-corrected chi connectivity index (χ1v) is 5.31. The average molecular weight is 229 g/mol. The van der Waals surface area contributed by atoms with Crippen LogP contribution < -0.4 is 0 Å². The number of benzene rings is 1. The van der Waals surface area contributed by atoms with E-state index >= 15 is 0 Å². The average Bonchev–Trinajstić information content (AvgIpc) is 2.70. The SMILES string of the molecule is OCCc1cc(Cl)cc(C2OCCO2)c1. The molecule has 0 aromatic heterocycles. The van der Waals surface area contributed by atoms with Crippen molar-refractivity contribution in [1.29, 1.82) is 0 Å². The molecule has 1 saturated heterocycles. The first kappa shape index (κ1) is 10.9. The van der Waals surface area contributed by atoms with Crippen molar-refractivity contribution in [1.82, 2.24) is 0 Å². The van der Waals surface area contributed by atoms with Crippen LogP contribution in [0.3, 0.4) is 0 Å². The molecule has 0 atom stereocenters. The lowest BCUT2D eigenvalue weighted by molar-refractivity contribution is -0.0441. The molecule has 2 rings (SSSR count). The number of aliphatic hydroxyl groups is 1. The molecule has 4 heteroatoms. The van der Waals surface area contributed by atoms with E-state index in [1.165, 1.54) is 0 Å². The minimum atomic E-state index is -0.304. The number of halogens is 1. The smallest absolute Gasteiger partial charge is 0.184 e. The van der Waals surface area contributed by atoms with Gasteiger partial charge in [-0.05, 0) is 24.1 Å². The van der Waals surface area contributed by atoms with E-state index in [2.05, 4.69) is 0 Å². The maximum absolute atomic E-state index is 8.86. The highest BCUT2D eigenvalue weighted by atomic mass is 35.5. The number of ether oxygens (including phenoxy) is 2. The zero-order valence-electron chi connectivity index (χ0n) is 8.28.